The van der Waals surface area contributed by atoms with Crippen LogP contribution in [0.1, 0.15) is 18.9 Å². The summed E-state index contributed by atoms with van der Waals surface area (Å²) in [7, 11) is 1.69. The van der Waals surface area contributed by atoms with E-state index in [2.05, 4.69) is 34.1 Å². The van der Waals surface area contributed by atoms with Gasteiger partial charge >= 0.3 is 0 Å². The molecule has 0 aromatic heterocycles. The Morgan fingerprint density at radius 2 is 2.12 bits per heavy atom. The van der Waals surface area contributed by atoms with Gasteiger partial charge in [0.25, 0.3) is 0 Å². The molecule has 1 N–H and O–H groups in total. The molecule has 0 radical (unpaired) electrons. The van der Waals surface area contributed by atoms with Crippen LogP contribution in [-0.4, -0.2) is 68.5 Å². The predicted molar refractivity (Wildman–Crippen MR) is 103 cm³/mol. The summed E-state index contributed by atoms with van der Waals surface area (Å²) < 4.78 is 16.6. The van der Waals surface area contributed by atoms with Gasteiger partial charge in [0.05, 0.1) is 26.9 Å². The number of thioether (sulfide) groups is 1. The topological polar surface area (TPSA) is 43.0 Å². The molecule has 0 saturated carbocycles. The third-order valence-corrected chi connectivity index (χ3v) is 6.31. The molecule has 5 nitrogen and oxygen atoms in total. The largest absolute Gasteiger partial charge is 0.493 e. The van der Waals surface area contributed by atoms with Crippen molar-refractivity contribution in [3.8, 4) is 11.5 Å². The van der Waals surface area contributed by atoms with Crippen molar-refractivity contribution in [3.63, 3.8) is 0 Å². The first-order valence-electron chi connectivity index (χ1n) is 9.18. The van der Waals surface area contributed by atoms with Crippen LogP contribution >= 0.6 is 11.8 Å². The SMILES string of the molecule is CCOc1ccc(CNCC2(N3CCOCC3)CCSC2)cc1OC. The Bertz CT molecular complexity index is 543. The highest BCUT2D eigenvalue weighted by Crippen LogP contribution is 2.34. The van der Waals surface area contributed by atoms with Crippen LogP contribution < -0.4 is 14.8 Å². The lowest BCUT2D eigenvalue weighted by Crippen LogP contribution is -2.58. The van der Waals surface area contributed by atoms with Crippen molar-refractivity contribution in [2.24, 2.45) is 0 Å². The molecule has 25 heavy (non-hydrogen) atoms. The van der Waals surface area contributed by atoms with E-state index in [-0.39, 0.29) is 5.54 Å². The third-order valence-electron chi connectivity index (χ3n) is 5.08. The van der Waals surface area contributed by atoms with Gasteiger partial charge in [-0.05, 0) is 36.8 Å². The normalized spacial score (nSPS) is 24.4. The molecule has 3 rings (SSSR count). The average molecular weight is 367 g/mol. The van der Waals surface area contributed by atoms with Gasteiger partial charge in [-0.2, -0.15) is 11.8 Å². The van der Waals surface area contributed by atoms with E-state index in [1.54, 1.807) is 7.11 Å². The zero-order valence-corrected chi connectivity index (χ0v) is 16.2. The van der Waals surface area contributed by atoms with E-state index in [0.717, 1.165) is 50.9 Å². The second kappa shape index (κ2) is 9.12. The van der Waals surface area contributed by atoms with E-state index in [4.69, 9.17) is 14.2 Å². The maximum absolute atomic E-state index is 5.60. The Morgan fingerprint density at radius 1 is 1.28 bits per heavy atom. The number of methoxy groups -OCH3 is 1. The smallest absolute Gasteiger partial charge is 0.161 e. The molecule has 2 heterocycles. The maximum Gasteiger partial charge on any atom is 0.161 e. The number of rotatable bonds is 8. The second-order valence-corrected chi connectivity index (χ2v) is 7.75. The molecular weight excluding hydrogens is 336 g/mol. The standard InChI is InChI=1S/C19H30N2O3S/c1-3-24-17-5-4-16(12-18(17)22-2)13-20-14-19(6-11-25-15-19)21-7-9-23-10-8-21/h4-5,12,20H,3,6-11,13-15H2,1-2H3. The van der Waals surface area contributed by atoms with Crippen LogP contribution in [0.15, 0.2) is 18.2 Å². The van der Waals surface area contributed by atoms with Crippen LogP contribution in [0.4, 0.5) is 0 Å². The molecule has 2 saturated heterocycles. The summed E-state index contributed by atoms with van der Waals surface area (Å²) in [4.78, 5) is 2.64. The molecule has 140 valence electrons. The lowest BCUT2D eigenvalue weighted by Gasteiger charge is -2.43. The van der Waals surface area contributed by atoms with Gasteiger partial charge in [-0.1, -0.05) is 6.07 Å². The summed E-state index contributed by atoms with van der Waals surface area (Å²) in [6.45, 7) is 8.34. The Labute approximate surface area is 155 Å². The first-order valence-corrected chi connectivity index (χ1v) is 10.3. The highest BCUT2D eigenvalue weighted by atomic mass is 32.2. The predicted octanol–water partition coefficient (Wildman–Crippen LogP) is 2.39. The lowest BCUT2D eigenvalue weighted by molar-refractivity contribution is -0.0134. The van der Waals surface area contributed by atoms with E-state index in [9.17, 15) is 0 Å². The molecule has 1 aromatic carbocycles. The molecule has 0 spiro atoms. The molecular formula is C19H30N2O3S. The van der Waals surface area contributed by atoms with E-state index < -0.39 is 0 Å². The fraction of sp³-hybridized carbons (Fsp3) is 0.684. The van der Waals surface area contributed by atoms with Crippen LogP contribution in [0.5, 0.6) is 11.5 Å². The van der Waals surface area contributed by atoms with Crippen molar-refractivity contribution in [3.05, 3.63) is 23.8 Å². The number of hydrogen-bond acceptors (Lipinski definition) is 6. The monoisotopic (exact) mass is 366 g/mol. The molecule has 2 fully saturated rings. The van der Waals surface area contributed by atoms with Crippen molar-refractivity contribution in [1.29, 1.82) is 0 Å². The van der Waals surface area contributed by atoms with Gasteiger partial charge in [0.2, 0.25) is 0 Å². The van der Waals surface area contributed by atoms with Crippen LogP contribution in [0.2, 0.25) is 0 Å². The van der Waals surface area contributed by atoms with Gasteiger partial charge in [-0.3, -0.25) is 4.90 Å². The van der Waals surface area contributed by atoms with Crippen LogP contribution in [0.25, 0.3) is 0 Å². The molecule has 0 bridgehead atoms. The number of nitrogens with one attached hydrogen (secondary N) is 1. The van der Waals surface area contributed by atoms with Gasteiger partial charge < -0.3 is 19.5 Å². The highest BCUT2D eigenvalue weighted by molar-refractivity contribution is 7.99. The first kappa shape index (κ1) is 18.8. The summed E-state index contributed by atoms with van der Waals surface area (Å²) in [6.07, 6.45) is 1.26. The molecule has 1 unspecified atom stereocenters. The Morgan fingerprint density at radius 3 is 2.80 bits per heavy atom. The minimum absolute atomic E-state index is 0.282. The van der Waals surface area contributed by atoms with E-state index in [1.807, 2.05) is 13.0 Å². The number of nitrogens with zero attached hydrogens (tertiary/aromatic N) is 1. The highest BCUT2D eigenvalue weighted by Gasteiger charge is 2.40. The zero-order chi connectivity index (χ0) is 17.5. The van der Waals surface area contributed by atoms with Crippen molar-refractivity contribution < 1.29 is 14.2 Å². The van der Waals surface area contributed by atoms with Crippen molar-refractivity contribution in [1.82, 2.24) is 10.2 Å². The minimum atomic E-state index is 0.282. The fourth-order valence-electron chi connectivity index (χ4n) is 3.67. The van der Waals surface area contributed by atoms with Gasteiger partial charge in [0.15, 0.2) is 11.5 Å². The first-order chi connectivity index (χ1) is 12.3. The number of hydrogen-bond donors (Lipinski definition) is 1. The average Bonchev–Trinajstić information content (AvgIpc) is 3.14. The van der Waals surface area contributed by atoms with Gasteiger partial charge in [-0.25, -0.2) is 0 Å². The molecule has 1 atom stereocenters. The van der Waals surface area contributed by atoms with Crippen molar-refractivity contribution in [2.75, 3.05) is 58.1 Å². The Balaban J connectivity index is 1.59. The number of morpholine rings is 1. The Kier molecular flexibility index (Phi) is 6.87. The summed E-state index contributed by atoms with van der Waals surface area (Å²) >= 11 is 2.08. The quantitative estimate of drug-likeness (QED) is 0.762. The molecule has 2 aliphatic rings. The number of ether oxygens (including phenoxy) is 3. The van der Waals surface area contributed by atoms with Crippen LogP contribution in [0.3, 0.4) is 0 Å². The molecule has 1 aromatic rings. The minimum Gasteiger partial charge on any atom is -0.493 e. The fourth-order valence-corrected chi connectivity index (χ4v) is 5.15. The lowest BCUT2D eigenvalue weighted by atomic mass is 9.95. The van der Waals surface area contributed by atoms with Crippen molar-refractivity contribution >= 4 is 11.8 Å². The maximum atomic E-state index is 5.60. The van der Waals surface area contributed by atoms with Gasteiger partial charge in [0, 0.05) is 37.5 Å². The van der Waals surface area contributed by atoms with E-state index in [1.165, 1.54) is 23.5 Å². The number of benzene rings is 1. The van der Waals surface area contributed by atoms with E-state index >= 15 is 0 Å². The molecule has 0 amide bonds. The van der Waals surface area contributed by atoms with Crippen LogP contribution in [0, 0.1) is 0 Å². The van der Waals surface area contributed by atoms with Crippen molar-refractivity contribution in [2.45, 2.75) is 25.4 Å². The second-order valence-electron chi connectivity index (χ2n) is 6.65. The van der Waals surface area contributed by atoms with Gasteiger partial charge in [0.1, 0.15) is 0 Å². The van der Waals surface area contributed by atoms with E-state index in [0.29, 0.717) is 6.61 Å². The third kappa shape index (κ3) is 4.61. The summed E-state index contributed by atoms with van der Waals surface area (Å²) in [5.74, 6) is 4.09. The van der Waals surface area contributed by atoms with Crippen LogP contribution in [-0.2, 0) is 11.3 Å². The summed E-state index contributed by atoms with van der Waals surface area (Å²) in [5.41, 5.74) is 1.51. The Hall–Kier alpha value is -0.950. The summed E-state index contributed by atoms with van der Waals surface area (Å²) in [6, 6.07) is 6.19. The summed E-state index contributed by atoms with van der Waals surface area (Å²) in [5, 5.41) is 3.69. The van der Waals surface area contributed by atoms with Gasteiger partial charge in [-0.15, -0.1) is 0 Å². The molecule has 6 heteroatoms. The zero-order valence-electron chi connectivity index (χ0n) is 15.4. The molecule has 0 aliphatic carbocycles. The molecule has 2 aliphatic heterocycles.